The normalized spacial score (nSPS) is 11.3. The minimum Gasteiger partial charge on any atom is -0.269 e. The molecule has 1 aromatic carbocycles. The molecule has 108 valence electrons. The van der Waals surface area contributed by atoms with Crippen molar-refractivity contribution in [2.45, 2.75) is 13.8 Å². The van der Waals surface area contributed by atoms with Crippen LogP contribution in [0.1, 0.15) is 11.3 Å². The lowest BCUT2D eigenvalue weighted by Gasteiger charge is -2.11. The molecule has 2 heterocycles. The molecule has 0 radical (unpaired) electrons. The molecule has 0 unspecified atom stereocenters. The maximum Gasteiger partial charge on any atom is 0.262 e. The van der Waals surface area contributed by atoms with Crippen molar-refractivity contribution in [2.75, 3.05) is 0 Å². The first kappa shape index (κ1) is 13.9. The lowest BCUT2D eigenvalue weighted by molar-refractivity contribution is 0.551. The van der Waals surface area contributed by atoms with Gasteiger partial charge in [0.2, 0.25) is 11.7 Å². The highest BCUT2D eigenvalue weighted by Gasteiger charge is 2.17. The van der Waals surface area contributed by atoms with Crippen LogP contribution in [0.5, 0.6) is 0 Å². The zero-order valence-corrected chi connectivity index (χ0v) is 12.8. The van der Waals surface area contributed by atoms with E-state index in [0.29, 0.717) is 10.2 Å². The summed E-state index contributed by atoms with van der Waals surface area (Å²) in [4.78, 5) is 16.1. The van der Waals surface area contributed by atoms with E-state index in [-0.39, 0.29) is 11.5 Å². The quantitative estimate of drug-likeness (QED) is 0.630. The second-order valence-corrected chi connectivity index (χ2v) is 5.58. The highest BCUT2D eigenvalue weighted by molar-refractivity contribution is 9.10. The molecule has 0 atom stereocenters. The second kappa shape index (κ2) is 4.77. The summed E-state index contributed by atoms with van der Waals surface area (Å²) in [5, 5.41) is 0. The monoisotopic (exact) mass is 353 g/mol. The zero-order valence-electron chi connectivity index (χ0n) is 11.2. The Morgan fingerprint density at radius 2 is 1.90 bits per heavy atom. The topological polar surface area (TPSA) is 39.3 Å². The molecule has 3 aromatic rings. The Morgan fingerprint density at radius 3 is 2.62 bits per heavy atom. The summed E-state index contributed by atoms with van der Waals surface area (Å²) in [6.07, 6.45) is 1.43. The van der Waals surface area contributed by atoms with E-state index in [4.69, 9.17) is 0 Å². The van der Waals surface area contributed by atoms with E-state index in [0.717, 1.165) is 20.6 Å². The molecule has 21 heavy (non-hydrogen) atoms. The van der Waals surface area contributed by atoms with Gasteiger partial charge in [-0.25, -0.2) is 13.9 Å². The Kier molecular flexibility index (Phi) is 3.16. The maximum atomic E-state index is 14.2. The van der Waals surface area contributed by atoms with Gasteiger partial charge in [0.25, 0.3) is 5.56 Å². The number of nitrogens with zero attached hydrogens (tertiary/aromatic N) is 3. The van der Waals surface area contributed by atoms with E-state index in [1.54, 1.807) is 13.8 Å². The summed E-state index contributed by atoms with van der Waals surface area (Å²) in [6.45, 7) is 3.43. The van der Waals surface area contributed by atoms with Gasteiger partial charge in [-0.1, -0.05) is 15.9 Å². The fourth-order valence-electron chi connectivity index (χ4n) is 2.22. The Morgan fingerprint density at radius 1 is 1.19 bits per heavy atom. The zero-order chi connectivity index (χ0) is 15.3. The van der Waals surface area contributed by atoms with Gasteiger partial charge in [0.1, 0.15) is 5.82 Å². The molecule has 0 amide bonds. The van der Waals surface area contributed by atoms with Crippen LogP contribution in [-0.4, -0.2) is 14.0 Å². The van der Waals surface area contributed by atoms with Gasteiger partial charge >= 0.3 is 0 Å². The van der Waals surface area contributed by atoms with Gasteiger partial charge < -0.3 is 0 Å². The molecular formula is C14H10BrF2N3O. The van der Waals surface area contributed by atoms with Crippen LogP contribution in [0.2, 0.25) is 0 Å². The van der Waals surface area contributed by atoms with Crippen molar-refractivity contribution in [3.63, 3.8) is 0 Å². The van der Waals surface area contributed by atoms with Crippen LogP contribution in [0.4, 0.5) is 8.78 Å². The molecule has 4 nitrogen and oxygen atoms in total. The molecule has 2 aromatic heterocycles. The first-order valence-electron chi connectivity index (χ1n) is 6.12. The largest absolute Gasteiger partial charge is 0.269 e. The van der Waals surface area contributed by atoms with Gasteiger partial charge in [-0.15, -0.1) is 0 Å². The number of fused-ring (bicyclic) bond motifs is 1. The summed E-state index contributed by atoms with van der Waals surface area (Å²) in [5.74, 6) is -1.28. The van der Waals surface area contributed by atoms with Gasteiger partial charge in [0.05, 0.1) is 18.0 Å². The van der Waals surface area contributed by atoms with Gasteiger partial charge in [0, 0.05) is 10.2 Å². The van der Waals surface area contributed by atoms with Crippen molar-refractivity contribution in [3.05, 3.63) is 62.2 Å². The van der Waals surface area contributed by atoms with Crippen molar-refractivity contribution >= 4 is 21.7 Å². The fraction of sp³-hybridized carbons (Fsp3) is 0.143. The number of aromatic nitrogens is 3. The van der Waals surface area contributed by atoms with Crippen LogP contribution in [0, 0.1) is 25.6 Å². The number of hydrogen-bond acceptors (Lipinski definition) is 2. The van der Waals surface area contributed by atoms with E-state index in [9.17, 15) is 13.6 Å². The average Bonchev–Trinajstić information content (AvgIpc) is 2.78. The molecule has 0 aliphatic heterocycles. The van der Waals surface area contributed by atoms with Gasteiger partial charge in [-0.05, 0) is 31.5 Å². The highest BCUT2D eigenvalue weighted by atomic mass is 79.9. The lowest BCUT2D eigenvalue weighted by Crippen LogP contribution is -2.23. The molecule has 0 bridgehead atoms. The molecule has 0 aliphatic carbocycles. The third-order valence-electron chi connectivity index (χ3n) is 3.27. The Balaban J connectivity index is 2.46. The molecule has 0 fully saturated rings. The number of hydrogen-bond donors (Lipinski definition) is 0. The third kappa shape index (κ3) is 2.08. The minimum absolute atomic E-state index is 0.0382. The third-order valence-corrected chi connectivity index (χ3v) is 4.12. The number of benzene rings is 1. The van der Waals surface area contributed by atoms with Crippen LogP contribution >= 0.6 is 15.9 Å². The molecule has 7 heteroatoms. The predicted octanol–water partition coefficient (Wildman–Crippen LogP) is 3.14. The standard InChI is InChI=1S/C14H10BrF2N3O/c1-7-3-11(10(16)4-9(7)15)20-13(21)5-12(17)19-8(2)6-18-14(19)20/h3-6H,1-2H3. The molecule has 0 aliphatic rings. The summed E-state index contributed by atoms with van der Waals surface area (Å²) < 4.78 is 30.9. The van der Waals surface area contributed by atoms with Crippen molar-refractivity contribution < 1.29 is 8.78 Å². The lowest BCUT2D eigenvalue weighted by atomic mass is 10.2. The van der Waals surface area contributed by atoms with E-state index in [1.165, 1.54) is 18.3 Å². The van der Waals surface area contributed by atoms with Gasteiger partial charge in [-0.2, -0.15) is 4.39 Å². The molecule has 0 saturated carbocycles. The van der Waals surface area contributed by atoms with Gasteiger partial charge in [0.15, 0.2) is 0 Å². The Bertz CT molecular complexity index is 930. The Labute approximate surface area is 126 Å². The van der Waals surface area contributed by atoms with Crippen molar-refractivity contribution in [1.29, 1.82) is 0 Å². The summed E-state index contributed by atoms with van der Waals surface area (Å²) in [5.41, 5.74) is 0.636. The van der Waals surface area contributed by atoms with Crippen LogP contribution in [0.3, 0.4) is 0 Å². The van der Waals surface area contributed by atoms with Crippen LogP contribution in [0.15, 0.2) is 33.7 Å². The van der Waals surface area contributed by atoms with E-state index < -0.39 is 17.3 Å². The van der Waals surface area contributed by atoms with E-state index in [1.807, 2.05) is 0 Å². The summed E-state index contributed by atoms with van der Waals surface area (Å²) in [7, 11) is 0. The van der Waals surface area contributed by atoms with Crippen LogP contribution in [0.25, 0.3) is 11.5 Å². The highest BCUT2D eigenvalue weighted by Crippen LogP contribution is 2.23. The van der Waals surface area contributed by atoms with E-state index in [2.05, 4.69) is 20.9 Å². The van der Waals surface area contributed by atoms with Crippen molar-refractivity contribution in [2.24, 2.45) is 0 Å². The van der Waals surface area contributed by atoms with Crippen molar-refractivity contribution in [1.82, 2.24) is 14.0 Å². The molecule has 3 rings (SSSR count). The minimum atomic E-state index is -0.726. The maximum absolute atomic E-state index is 14.2. The van der Waals surface area contributed by atoms with Crippen LogP contribution < -0.4 is 5.56 Å². The SMILES string of the molecule is Cc1cc(-n2c(=O)cc(F)n3c(C)cnc23)c(F)cc1Br. The number of halogens is 3. The summed E-state index contributed by atoms with van der Waals surface area (Å²) in [6, 6.07) is 3.61. The molecule has 0 N–H and O–H groups in total. The average molecular weight is 354 g/mol. The van der Waals surface area contributed by atoms with Gasteiger partial charge in [-0.3, -0.25) is 9.20 Å². The molecule has 0 spiro atoms. The number of rotatable bonds is 1. The van der Waals surface area contributed by atoms with Crippen molar-refractivity contribution in [3.8, 4) is 5.69 Å². The second-order valence-electron chi connectivity index (χ2n) is 4.73. The molecule has 0 saturated heterocycles. The fourth-order valence-corrected chi connectivity index (χ4v) is 2.53. The predicted molar refractivity (Wildman–Crippen MR) is 77.9 cm³/mol. The Hall–Kier alpha value is -2.02. The summed E-state index contributed by atoms with van der Waals surface area (Å²) >= 11 is 3.23. The molecular weight excluding hydrogens is 344 g/mol. The number of aryl methyl sites for hydroxylation is 2. The first-order valence-corrected chi connectivity index (χ1v) is 6.91. The smallest absolute Gasteiger partial charge is 0.262 e. The van der Waals surface area contributed by atoms with Crippen LogP contribution in [-0.2, 0) is 0 Å². The number of imidazole rings is 1. The van der Waals surface area contributed by atoms with E-state index >= 15 is 0 Å². The first-order chi connectivity index (χ1) is 9.90.